The number of aliphatic hydroxyl groups is 2. The van der Waals surface area contributed by atoms with Crippen molar-refractivity contribution in [2.24, 2.45) is 0 Å². The maximum Gasteiger partial charge on any atom is 0.351 e. The first kappa shape index (κ1) is 16.2. The lowest BCUT2D eigenvalue weighted by molar-refractivity contribution is -0.154. The first-order valence-corrected chi connectivity index (χ1v) is 5.78. The number of alkyl halides is 2. The van der Waals surface area contributed by atoms with Crippen molar-refractivity contribution in [1.82, 2.24) is 0 Å². The summed E-state index contributed by atoms with van der Waals surface area (Å²) in [5.41, 5.74) is 0. The molecule has 0 radical (unpaired) electrons. The highest BCUT2D eigenvalue weighted by molar-refractivity contribution is 6.40. The summed E-state index contributed by atoms with van der Waals surface area (Å²) in [5.74, 6) is -0.585. The van der Waals surface area contributed by atoms with Gasteiger partial charge in [-0.25, -0.2) is 4.79 Å². The van der Waals surface area contributed by atoms with Gasteiger partial charge in [0.05, 0.1) is 18.2 Å². The largest absolute Gasteiger partial charge is 0.482 e. The van der Waals surface area contributed by atoms with Crippen molar-refractivity contribution in [3.8, 4) is 0 Å². The minimum absolute atomic E-state index is 0.194. The molecule has 0 aromatic rings. The van der Waals surface area contributed by atoms with Crippen LogP contribution in [-0.2, 0) is 14.3 Å². The Labute approximate surface area is 109 Å². The topological polar surface area (TPSA) is 76.0 Å². The van der Waals surface area contributed by atoms with Gasteiger partial charge in [0.15, 0.2) is 0 Å². The smallest absolute Gasteiger partial charge is 0.351 e. The molecule has 1 aliphatic rings. The number of carbonyl (C=O) groups excluding carboxylic acids is 1. The fourth-order valence-corrected chi connectivity index (χ4v) is 0.833. The Bertz CT molecular complexity index is 267. The van der Waals surface area contributed by atoms with Crippen LogP contribution in [0.3, 0.4) is 0 Å². The highest BCUT2D eigenvalue weighted by atomic mass is 35.5. The lowest BCUT2D eigenvalue weighted by atomic mass is 10.3. The first-order chi connectivity index (χ1) is 8.15. The number of rotatable bonds is 4. The Balaban J connectivity index is 0.000000770. The second-order valence-electron chi connectivity index (χ2n) is 2.84. The van der Waals surface area contributed by atoms with Gasteiger partial charge in [0, 0.05) is 0 Å². The van der Waals surface area contributed by atoms with Gasteiger partial charge >= 0.3 is 5.97 Å². The summed E-state index contributed by atoms with van der Waals surface area (Å²) < 4.78 is 9.59. The third kappa shape index (κ3) is 8.04. The van der Waals surface area contributed by atoms with E-state index in [-0.39, 0.29) is 11.9 Å². The van der Waals surface area contributed by atoms with E-state index < -0.39 is 24.8 Å². The Morgan fingerprint density at radius 3 is 2.59 bits per heavy atom. The summed E-state index contributed by atoms with van der Waals surface area (Å²) in [5, 5.41) is 17.6. The normalized spacial score (nSPS) is 18.7. The van der Waals surface area contributed by atoms with Crippen molar-refractivity contribution in [2.75, 3.05) is 18.6 Å². The molecule has 2 atom stereocenters. The monoisotopic (exact) mass is 284 g/mol. The summed E-state index contributed by atoms with van der Waals surface area (Å²) >= 11 is 9.53. The standard InChI is InChI=1S/C9H12O5.CH2Cl2/c10-5-7(11)6-14-9(12)8-3-1-2-4-13-8;2-1-3/h1-4,7-8,10-11H,5-6H2;1H2. The number of hydrogen-bond acceptors (Lipinski definition) is 5. The molecule has 1 heterocycles. The van der Waals surface area contributed by atoms with Crippen LogP contribution < -0.4 is 0 Å². The van der Waals surface area contributed by atoms with Crippen molar-refractivity contribution in [3.63, 3.8) is 0 Å². The summed E-state index contributed by atoms with van der Waals surface area (Å²) in [6.45, 7) is -0.665. The molecule has 2 N–H and O–H groups in total. The van der Waals surface area contributed by atoms with E-state index in [1.54, 1.807) is 12.2 Å². The van der Waals surface area contributed by atoms with E-state index in [9.17, 15) is 4.79 Å². The number of allylic oxidation sites excluding steroid dienone is 2. The highest BCUT2D eigenvalue weighted by Crippen LogP contribution is 2.04. The fourth-order valence-electron chi connectivity index (χ4n) is 0.833. The first-order valence-electron chi connectivity index (χ1n) is 4.72. The van der Waals surface area contributed by atoms with Crippen LogP contribution in [0.1, 0.15) is 0 Å². The molecule has 5 nitrogen and oxygen atoms in total. The van der Waals surface area contributed by atoms with E-state index in [0.717, 1.165) is 0 Å². The molecule has 0 amide bonds. The Kier molecular flexibility index (Phi) is 9.95. The van der Waals surface area contributed by atoms with Gasteiger partial charge in [0.2, 0.25) is 6.10 Å². The molecular weight excluding hydrogens is 271 g/mol. The molecule has 1 aliphatic heterocycles. The van der Waals surface area contributed by atoms with Crippen molar-refractivity contribution in [3.05, 3.63) is 24.5 Å². The molecule has 1 rings (SSSR count). The van der Waals surface area contributed by atoms with Crippen LogP contribution in [0.2, 0.25) is 0 Å². The quantitative estimate of drug-likeness (QED) is 0.589. The minimum Gasteiger partial charge on any atom is -0.482 e. The number of carbonyl (C=O) groups is 1. The molecule has 0 aromatic heterocycles. The molecule has 0 bridgehead atoms. The number of aliphatic hydroxyl groups excluding tert-OH is 2. The number of esters is 1. The summed E-state index contributed by atoms with van der Waals surface area (Å²) in [6, 6.07) is 0. The van der Waals surface area contributed by atoms with Crippen molar-refractivity contribution >= 4 is 29.2 Å². The summed E-state index contributed by atoms with van der Waals surface area (Å²) in [6.07, 6.45) is 4.43. The summed E-state index contributed by atoms with van der Waals surface area (Å²) in [7, 11) is 0. The van der Waals surface area contributed by atoms with Gasteiger partial charge in [-0.1, -0.05) is 6.08 Å². The van der Waals surface area contributed by atoms with E-state index in [2.05, 4.69) is 4.74 Å². The fraction of sp³-hybridized carbons (Fsp3) is 0.500. The average Bonchev–Trinajstić information content (AvgIpc) is 2.37. The van der Waals surface area contributed by atoms with Gasteiger partial charge in [-0.3, -0.25) is 0 Å². The highest BCUT2D eigenvalue weighted by Gasteiger charge is 2.19. The maximum absolute atomic E-state index is 11.2. The molecule has 0 spiro atoms. The van der Waals surface area contributed by atoms with Crippen LogP contribution in [-0.4, -0.2) is 46.9 Å². The number of ether oxygens (including phenoxy) is 2. The minimum atomic E-state index is -1.04. The van der Waals surface area contributed by atoms with E-state index in [4.69, 9.17) is 38.2 Å². The lowest BCUT2D eigenvalue weighted by Crippen LogP contribution is -2.28. The molecule has 0 saturated heterocycles. The number of halogens is 2. The predicted molar refractivity (Wildman–Crippen MR) is 63.8 cm³/mol. The second-order valence-corrected chi connectivity index (χ2v) is 3.65. The van der Waals surface area contributed by atoms with Gasteiger partial charge in [-0.2, -0.15) is 0 Å². The van der Waals surface area contributed by atoms with Crippen LogP contribution >= 0.6 is 23.2 Å². The van der Waals surface area contributed by atoms with E-state index >= 15 is 0 Å². The Morgan fingerprint density at radius 1 is 1.47 bits per heavy atom. The zero-order chi connectivity index (χ0) is 13.1. The SMILES string of the molecule is ClCCl.O=C(OCC(O)CO)C1C=CC=CO1. The van der Waals surface area contributed by atoms with Crippen LogP contribution in [0.25, 0.3) is 0 Å². The second kappa shape index (κ2) is 10.4. The Morgan fingerprint density at radius 2 is 2.12 bits per heavy atom. The molecule has 2 unspecified atom stereocenters. The molecule has 17 heavy (non-hydrogen) atoms. The molecule has 7 heteroatoms. The van der Waals surface area contributed by atoms with Crippen LogP contribution in [0.5, 0.6) is 0 Å². The van der Waals surface area contributed by atoms with Crippen LogP contribution in [0.4, 0.5) is 0 Å². The Hall–Kier alpha value is -0.750. The zero-order valence-electron chi connectivity index (χ0n) is 8.96. The summed E-state index contributed by atoms with van der Waals surface area (Å²) in [4.78, 5) is 11.2. The molecule has 0 fully saturated rings. The third-order valence-electron chi connectivity index (χ3n) is 1.56. The molecule has 0 saturated carbocycles. The van der Waals surface area contributed by atoms with Crippen LogP contribution in [0.15, 0.2) is 24.5 Å². The van der Waals surface area contributed by atoms with Crippen molar-refractivity contribution < 1.29 is 24.5 Å². The van der Waals surface area contributed by atoms with E-state index in [1.807, 2.05) is 0 Å². The van der Waals surface area contributed by atoms with Gasteiger partial charge in [-0.05, 0) is 12.2 Å². The van der Waals surface area contributed by atoms with Gasteiger partial charge in [-0.15, -0.1) is 23.2 Å². The number of hydrogen-bond donors (Lipinski definition) is 2. The molecule has 0 aromatic carbocycles. The molecule has 0 aliphatic carbocycles. The molecular formula is C10H14Cl2O5. The lowest BCUT2D eigenvalue weighted by Gasteiger charge is -2.15. The molecule has 98 valence electrons. The maximum atomic E-state index is 11.2. The third-order valence-corrected chi connectivity index (χ3v) is 1.56. The predicted octanol–water partition coefficient (Wildman–Crippen LogP) is 0.773. The van der Waals surface area contributed by atoms with Crippen molar-refractivity contribution in [1.29, 1.82) is 0 Å². The van der Waals surface area contributed by atoms with E-state index in [1.165, 1.54) is 12.3 Å². The average molecular weight is 285 g/mol. The van der Waals surface area contributed by atoms with E-state index in [0.29, 0.717) is 0 Å². The van der Waals surface area contributed by atoms with Gasteiger partial charge in [0.1, 0.15) is 12.7 Å². The van der Waals surface area contributed by atoms with Crippen molar-refractivity contribution in [2.45, 2.75) is 12.2 Å². The van der Waals surface area contributed by atoms with Gasteiger partial charge < -0.3 is 19.7 Å². The van der Waals surface area contributed by atoms with Gasteiger partial charge in [0.25, 0.3) is 0 Å². The van der Waals surface area contributed by atoms with Crippen LogP contribution in [0, 0.1) is 0 Å². The zero-order valence-corrected chi connectivity index (χ0v) is 10.5.